The Balaban J connectivity index is 1.52. The van der Waals surface area contributed by atoms with E-state index in [9.17, 15) is 13.2 Å². The molecule has 0 spiro atoms. The predicted octanol–water partition coefficient (Wildman–Crippen LogP) is 3.35. The van der Waals surface area contributed by atoms with Crippen LogP contribution >= 0.6 is 22.9 Å². The average molecular weight is 437 g/mol. The highest BCUT2D eigenvalue weighted by molar-refractivity contribution is 7.91. The topological polar surface area (TPSA) is 101 Å². The lowest BCUT2D eigenvalue weighted by atomic mass is 10.1. The first-order valence-corrected chi connectivity index (χ1v) is 11.1. The van der Waals surface area contributed by atoms with Crippen molar-refractivity contribution in [2.24, 2.45) is 0 Å². The summed E-state index contributed by atoms with van der Waals surface area (Å²) in [6.07, 6.45) is 1.34. The maximum Gasteiger partial charge on any atom is 0.269 e. The number of hydrogen-bond donors (Lipinski definition) is 2. The number of nitrogens with zero attached hydrogens (tertiary/aromatic N) is 2. The monoisotopic (exact) mass is 436 g/mol. The van der Waals surface area contributed by atoms with Gasteiger partial charge in [-0.1, -0.05) is 53.3 Å². The van der Waals surface area contributed by atoms with Crippen LogP contribution in [0.25, 0.3) is 0 Å². The Morgan fingerprint density at radius 1 is 1.04 bits per heavy atom. The number of benzene rings is 2. The molecule has 0 fully saturated rings. The van der Waals surface area contributed by atoms with Crippen LogP contribution in [0.1, 0.15) is 22.3 Å². The molecule has 0 aliphatic heterocycles. The molecule has 1 heterocycles. The molecule has 0 atom stereocenters. The molecule has 0 radical (unpaired) electrons. The molecule has 0 bridgehead atoms. The number of aryl methyl sites for hydroxylation is 1. The summed E-state index contributed by atoms with van der Waals surface area (Å²) in [5, 5.41) is 10.7. The number of hydrogen-bond acceptors (Lipinski definition) is 6. The van der Waals surface area contributed by atoms with Gasteiger partial charge in [0.1, 0.15) is 0 Å². The van der Waals surface area contributed by atoms with Gasteiger partial charge >= 0.3 is 0 Å². The van der Waals surface area contributed by atoms with Crippen LogP contribution in [0.3, 0.4) is 0 Å². The van der Waals surface area contributed by atoms with Crippen LogP contribution in [0.15, 0.2) is 58.9 Å². The van der Waals surface area contributed by atoms with Gasteiger partial charge in [0.05, 0.1) is 0 Å². The number of nitrogens with one attached hydrogen (secondary N) is 2. The third-order valence-corrected chi connectivity index (χ3v) is 6.66. The second kappa shape index (κ2) is 9.24. The van der Waals surface area contributed by atoms with E-state index in [1.54, 1.807) is 42.5 Å². The van der Waals surface area contributed by atoms with Crippen molar-refractivity contribution >= 4 is 44.0 Å². The first-order valence-electron chi connectivity index (χ1n) is 8.38. The van der Waals surface area contributed by atoms with E-state index in [0.29, 0.717) is 23.4 Å². The summed E-state index contributed by atoms with van der Waals surface area (Å²) >= 11 is 6.64. The van der Waals surface area contributed by atoms with Crippen LogP contribution in [0, 0.1) is 0 Å². The SMILES string of the molecule is O=C(Nc1nnc(S(=O)(=O)NCCCc2ccc(Cl)cc2)s1)c1ccccc1. The Hall–Kier alpha value is -2.33. The number of aromatic nitrogens is 2. The lowest BCUT2D eigenvalue weighted by molar-refractivity contribution is 0.102. The lowest BCUT2D eigenvalue weighted by Gasteiger charge is -2.04. The number of amides is 1. The van der Waals surface area contributed by atoms with Crippen molar-refractivity contribution < 1.29 is 13.2 Å². The Bertz CT molecular complexity index is 1040. The number of halogens is 1. The van der Waals surface area contributed by atoms with Crippen LogP contribution in [-0.4, -0.2) is 31.1 Å². The van der Waals surface area contributed by atoms with E-state index in [1.165, 1.54) is 0 Å². The minimum atomic E-state index is -3.78. The van der Waals surface area contributed by atoms with Crippen molar-refractivity contribution in [3.8, 4) is 0 Å². The molecular weight excluding hydrogens is 420 g/mol. The molecule has 0 saturated carbocycles. The standard InChI is InChI=1S/C18H17ClN4O3S2/c19-15-10-8-13(9-11-15)5-4-12-20-28(25,26)18-23-22-17(27-18)21-16(24)14-6-2-1-3-7-14/h1-3,6-11,20H,4-5,12H2,(H,21,22,24). The average Bonchev–Trinajstić information content (AvgIpc) is 3.17. The Labute approximate surface area is 171 Å². The summed E-state index contributed by atoms with van der Waals surface area (Å²) in [5.41, 5.74) is 1.52. The molecule has 28 heavy (non-hydrogen) atoms. The first-order chi connectivity index (χ1) is 13.4. The van der Waals surface area contributed by atoms with Crippen LogP contribution in [-0.2, 0) is 16.4 Å². The highest BCUT2D eigenvalue weighted by Crippen LogP contribution is 2.20. The van der Waals surface area contributed by atoms with Crippen LogP contribution in [0.4, 0.5) is 5.13 Å². The zero-order valence-electron chi connectivity index (χ0n) is 14.6. The molecule has 3 rings (SSSR count). The Kier molecular flexibility index (Phi) is 6.74. The summed E-state index contributed by atoms with van der Waals surface area (Å²) in [5.74, 6) is -0.378. The fraction of sp³-hybridized carbons (Fsp3) is 0.167. The van der Waals surface area contributed by atoms with Gasteiger partial charge in [-0.15, -0.1) is 10.2 Å². The number of anilines is 1. The van der Waals surface area contributed by atoms with Crippen LogP contribution in [0.5, 0.6) is 0 Å². The van der Waals surface area contributed by atoms with Crippen molar-refractivity contribution in [3.05, 3.63) is 70.7 Å². The smallest absolute Gasteiger partial charge is 0.269 e. The molecule has 1 aromatic heterocycles. The number of carbonyl (C=O) groups is 1. The third kappa shape index (κ3) is 5.59. The molecule has 0 unspecified atom stereocenters. The molecule has 0 saturated heterocycles. The van der Waals surface area contributed by atoms with Gasteiger partial charge in [0.2, 0.25) is 9.47 Å². The van der Waals surface area contributed by atoms with E-state index in [-0.39, 0.29) is 21.9 Å². The first kappa shape index (κ1) is 20.4. The highest BCUT2D eigenvalue weighted by Gasteiger charge is 2.20. The lowest BCUT2D eigenvalue weighted by Crippen LogP contribution is -2.25. The zero-order chi connectivity index (χ0) is 20.0. The van der Waals surface area contributed by atoms with Crippen LogP contribution in [0.2, 0.25) is 5.02 Å². The van der Waals surface area contributed by atoms with E-state index in [4.69, 9.17) is 11.6 Å². The number of rotatable bonds is 8. The maximum atomic E-state index is 12.3. The number of carbonyl (C=O) groups excluding carboxylic acids is 1. The summed E-state index contributed by atoms with van der Waals surface area (Å²) < 4.78 is 27.0. The van der Waals surface area contributed by atoms with Gasteiger partial charge in [-0.05, 0) is 42.7 Å². The van der Waals surface area contributed by atoms with Gasteiger partial charge in [-0.25, -0.2) is 13.1 Å². The van der Waals surface area contributed by atoms with Crippen molar-refractivity contribution in [2.75, 3.05) is 11.9 Å². The quantitative estimate of drug-likeness (QED) is 0.416. The van der Waals surface area contributed by atoms with Gasteiger partial charge < -0.3 is 0 Å². The molecule has 1 amide bonds. The minimum absolute atomic E-state index is 0.121. The molecule has 10 heteroatoms. The molecule has 7 nitrogen and oxygen atoms in total. The largest absolute Gasteiger partial charge is 0.296 e. The normalized spacial score (nSPS) is 11.3. The Morgan fingerprint density at radius 3 is 2.46 bits per heavy atom. The van der Waals surface area contributed by atoms with E-state index in [2.05, 4.69) is 20.2 Å². The third-order valence-electron chi connectivity index (χ3n) is 3.74. The van der Waals surface area contributed by atoms with E-state index < -0.39 is 10.0 Å². The second-order valence-corrected chi connectivity index (χ2v) is 9.18. The van der Waals surface area contributed by atoms with E-state index in [1.807, 2.05) is 12.1 Å². The molecule has 2 aromatic carbocycles. The predicted molar refractivity (Wildman–Crippen MR) is 109 cm³/mol. The summed E-state index contributed by atoms with van der Waals surface area (Å²) in [6.45, 7) is 0.260. The number of sulfonamides is 1. The van der Waals surface area contributed by atoms with Crippen LogP contribution < -0.4 is 10.0 Å². The van der Waals surface area contributed by atoms with E-state index in [0.717, 1.165) is 16.9 Å². The fourth-order valence-corrected chi connectivity index (χ4v) is 4.48. The molecular formula is C18H17ClN4O3S2. The minimum Gasteiger partial charge on any atom is -0.296 e. The molecule has 0 aliphatic rings. The van der Waals surface area contributed by atoms with Gasteiger partial charge in [-0.3, -0.25) is 10.1 Å². The molecule has 0 aliphatic carbocycles. The summed E-state index contributed by atoms with van der Waals surface area (Å²) in [4.78, 5) is 12.1. The fourth-order valence-electron chi connectivity index (χ4n) is 2.34. The van der Waals surface area contributed by atoms with Crippen molar-refractivity contribution in [3.63, 3.8) is 0 Å². The van der Waals surface area contributed by atoms with Gasteiger partial charge in [-0.2, -0.15) is 0 Å². The molecule has 146 valence electrons. The zero-order valence-corrected chi connectivity index (χ0v) is 17.0. The highest BCUT2D eigenvalue weighted by atomic mass is 35.5. The van der Waals surface area contributed by atoms with E-state index >= 15 is 0 Å². The van der Waals surface area contributed by atoms with Gasteiger partial charge in [0, 0.05) is 17.1 Å². The summed E-state index contributed by atoms with van der Waals surface area (Å²) in [7, 11) is -3.78. The van der Waals surface area contributed by atoms with Crippen molar-refractivity contribution in [1.29, 1.82) is 0 Å². The van der Waals surface area contributed by atoms with Gasteiger partial charge in [0.25, 0.3) is 15.9 Å². The molecule has 3 aromatic rings. The second-order valence-electron chi connectivity index (χ2n) is 5.82. The van der Waals surface area contributed by atoms with Crippen molar-refractivity contribution in [2.45, 2.75) is 17.2 Å². The summed E-state index contributed by atoms with van der Waals surface area (Å²) in [6, 6.07) is 16.0. The Morgan fingerprint density at radius 2 is 1.75 bits per heavy atom. The molecule has 2 N–H and O–H groups in total. The maximum absolute atomic E-state index is 12.3. The van der Waals surface area contributed by atoms with Crippen molar-refractivity contribution in [1.82, 2.24) is 14.9 Å². The van der Waals surface area contributed by atoms with Gasteiger partial charge in [0.15, 0.2) is 0 Å².